The van der Waals surface area contributed by atoms with Crippen molar-refractivity contribution in [3.63, 3.8) is 0 Å². The number of hydrogen-bond acceptors (Lipinski definition) is 6. The van der Waals surface area contributed by atoms with Crippen molar-refractivity contribution in [3.05, 3.63) is 63.4 Å². The topological polar surface area (TPSA) is 84.2 Å². The van der Waals surface area contributed by atoms with Gasteiger partial charge in [0.1, 0.15) is 5.75 Å². The summed E-state index contributed by atoms with van der Waals surface area (Å²) in [6.45, 7) is 3.59. The average Bonchev–Trinajstić information content (AvgIpc) is 3.27. The quantitative estimate of drug-likeness (QED) is 0.765. The summed E-state index contributed by atoms with van der Waals surface area (Å²) in [6, 6.07) is 8.30. The molecule has 7 heteroatoms. The Morgan fingerprint density at radius 3 is 2.85 bits per heavy atom. The van der Waals surface area contributed by atoms with E-state index in [1.165, 1.54) is 16.7 Å². The lowest BCUT2D eigenvalue weighted by Gasteiger charge is -2.19. The second-order valence-electron chi connectivity index (χ2n) is 7.06. The summed E-state index contributed by atoms with van der Waals surface area (Å²) in [6.07, 6.45) is 4.83. The third-order valence-corrected chi connectivity index (χ3v) is 5.28. The molecule has 2 aliphatic heterocycles. The van der Waals surface area contributed by atoms with Gasteiger partial charge < -0.3 is 9.15 Å². The van der Waals surface area contributed by atoms with Crippen LogP contribution in [0.25, 0.3) is 11.5 Å². The number of benzene rings is 1. The summed E-state index contributed by atoms with van der Waals surface area (Å²) in [5.74, 6) is 0.752. The molecule has 0 amide bonds. The fourth-order valence-corrected chi connectivity index (χ4v) is 3.84. The monoisotopic (exact) mass is 364 g/mol. The van der Waals surface area contributed by atoms with Crippen molar-refractivity contribution in [2.24, 2.45) is 0 Å². The highest BCUT2D eigenvalue weighted by molar-refractivity contribution is 5.55. The van der Waals surface area contributed by atoms with E-state index in [0.717, 1.165) is 62.5 Å². The molecular formula is C20H20N4O3. The SMILES string of the molecule is O=c1[nH]nc(-c2ccc3c(c2)CCN(Cc2cnc4c(c2)OCC4)CC3)o1. The molecule has 3 aromatic rings. The Bertz CT molecular complexity index is 1040. The molecule has 0 aliphatic carbocycles. The van der Waals surface area contributed by atoms with Gasteiger partial charge in [0.15, 0.2) is 0 Å². The Kier molecular flexibility index (Phi) is 4.01. The second-order valence-corrected chi connectivity index (χ2v) is 7.06. The van der Waals surface area contributed by atoms with Crippen molar-refractivity contribution in [1.82, 2.24) is 20.1 Å². The van der Waals surface area contributed by atoms with Gasteiger partial charge in [0, 0.05) is 37.8 Å². The van der Waals surface area contributed by atoms with Crippen molar-refractivity contribution >= 4 is 0 Å². The summed E-state index contributed by atoms with van der Waals surface area (Å²) >= 11 is 0. The smallest absolute Gasteiger partial charge is 0.434 e. The first-order valence-corrected chi connectivity index (χ1v) is 9.25. The number of rotatable bonds is 3. The van der Waals surface area contributed by atoms with E-state index in [1.54, 1.807) is 0 Å². The molecule has 2 aliphatic rings. The lowest BCUT2D eigenvalue weighted by molar-refractivity contribution is 0.278. The van der Waals surface area contributed by atoms with Crippen LogP contribution >= 0.6 is 0 Å². The Morgan fingerprint density at radius 2 is 2.00 bits per heavy atom. The molecule has 0 bridgehead atoms. The molecule has 0 saturated heterocycles. The van der Waals surface area contributed by atoms with Crippen LogP contribution in [0.5, 0.6) is 5.75 Å². The molecular weight excluding hydrogens is 344 g/mol. The number of nitrogens with one attached hydrogen (secondary N) is 1. The second kappa shape index (κ2) is 6.66. The van der Waals surface area contributed by atoms with Crippen LogP contribution in [0, 0.1) is 0 Å². The van der Waals surface area contributed by atoms with E-state index in [4.69, 9.17) is 9.15 Å². The fraction of sp³-hybridized carbons (Fsp3) is 0.350. The lowest BCUT2D eigenvalue weighted by Crippen LogP contribution is -2.26. The zero-order valence-electron chi connectivity index (χ0n) is 14.9. The number of H-pyrrole nitrogens is 1. The molecule has 7 nitrogen and oxygen atoms in total. The van der Waals surface area contributed by atoms with Crippen LogP contribution in [-0.4, -0.2) is 39.8 Å². The third kappa shape index (κ3) is 3.26. The van der Waals surface area contributed by atoms with Crippen molar-refractivity contribution in [3.8, 4) is 17.2 Å². The first-order valence-electron chi connectivity index (χ1n) is 9.25. The third-order valence-electron chi connectivity index (χ3n) is 5.28. The Hall–Kier alpha value is -2.93. The van der Waals surface area contributed by atoms with Crippen LogP contribution in [0.15, 0.2) is 39.7 Å². The average molecular weight is 364 g/mol. The van der Waals surface area contributed by atoms with Gasteiger partial charge in [-0.3, -0.25) is 9.88 Å². The fourth-order valence-electron chi connectivity index (χ4n) is 3.84. The van der Waals surface area contributed by atoms with Gasteiger partial charge in [0.05, 0.1) is 12.3 Å². The number of pyridine rings is 1. The number of aromatic nitrogens is 3. The predicted molar refractivity (Wildman–Crippen MR) is 98.7 cm³/mol. The van der Waals surface area contributed by atoms with Gasteiger partial charge in [-0.25, -0.2) is 9.89 Å². The van der Waals surface area contributed by atoms with E-state index in [2.05, 4.69) is 38.3 Å². The Morgan fingerprint density at radius 1 is 1.11 bits per heavy atom. The van der Waals surface area contributed by atoms with E-state index in [9.17, 15) is 4.79 Å². The van der Waals surface area contributed by atoms with E-state index in [1.807, 2.05) is 12.3 Å². The Balaban J connectivity index is 1.31. The van der Waals surface area contributed by atoms with Gasteiger partial charge in [-0.2, -0.15) is 0 Å². The molecule has 2 aromatic heterocycles. The van der Waals surface area contributed by atoms with Gasteiger partial charge in [0.25, 0.3) is 0 Å². The molecule has 0 radical (unpaired) electrons. The van der Waals surface area contributed by atoms with E-state index >= 15 is 0 Å². The van der Waals surface area contributed by atoms with Crippen LogP contribution in [0.2, 0.25) is 0 Å². The first kappa shape index (κ1) is 16.3. The van der Waals surface area contributed by atoms with Gasteiger partial charge in [-0.1, -0.05) is 6.07 Å². The van der Waals surface area contributed by atoms with E-state index in [0.29, 0.717) is 5.89 Å². The molecule has 0 saturated carbocycles. The maximum Gasteiger partial charge on any atom is 0.434 e. The molecule has 5 rings (SSSR count). The van der Waals surface area contributed by atoms with Crippen LogP contribution in [0.3, 0.4) is 0 Å². The summed E-state index contributed by atoms with van der Waals surface area (Å²) in [5.41, 5.74) is 5.73. The summed E-state index contributed by atoms with van der Waals surface area (Å²) < 4.78 is 10.7. The van der Waals surface area contributed by atoms with E-state index < -0.39 is 5.76 Å². The minimum atomic E-state index is -0.530. The number of fused-ring (bicyclic) bond motifs is 2. The highest BCUT2D eigenvalue weighted by atomic mass is 16.5. The Labute approximate surface area is 156 Å². The molecule has 1 N–H and O–H groups in total. The van der Waals surface area contributed by atoms with Gasteiger partial charge in [0.2, 0.25) is 5.89 Å². The van der Waals surface area contributed by atoms with Crippen LogP contribution < -0.4 is 10.5 Å². The summed E-state index contributed by atoms with van der Waals surface area (Å²) in [4.78, 5) is 18.2. The van der Waals surface area contributed by atoms with Gasteiger partial charge in [-0.15, -0.1) is 5.10 Å². The molecule has 27 heavy (non-hydrogen) atoms. The highest BCUT2D eigenvalue weighted by Gasteiger charge is 2.18. The van der Waals surface area contributed by atoms with Crippen molar-refractivity contribution < 1.29 is 9.15 Å². The maximum absolute atomic E-state index is 11.2. The number of nitrogens with zero attached hydrogens (tertiary/aromatic N) is 3. The number of aromatic amines is 1. The molecule has 0 unspecified atom stereocenters. The van der Waals surface area contributed by atoms with Crippen molar-refractivity contribution in [1.29, 1.82) is 0 Å². The van der Waals surface area contributed by atoms with Crippen molar-refractivity contribution in [2.45, 2.75) is 25.8 Å². The standard InChI is InChI=1S/C20H20N4O3/c25-20-23-22-19(27-20)16-2-1-14-3-6-24(7-4-15(14)10-16)12-13-9-18-17(21-11-13)5-8-26-18/h1-2,9-11H,3-8,12H2,(H,23,25). The number of hydrogen-bond donors (Lipinski definition) is 1. The molecule has 1 aromatic carbocycles. The molecule has 138 valence electrons. The molecule has 0 atom stereocenters. The lowest BCUT2D eigenvalue weighted by atomic mass is 10.00. The maximum atomic E-state index is 11.2. The molecule has 0 fully saturated rings. The van der Waals surface area contributed by atoms with Crippen LogP contribution in [0.4, 0.5) is 0 Å². The normalized spacial score (nSPS) is 16.4. The largest absolute Gasteiger partial charge is 0.491 e. The summed E-state index contributed by atoms with van der Waals surface area (Å²) in [5, 5.41) is 6.24. The zero-order valence-corrected chi connectivity index (χ0v) is 14.9. The van der Waals surface area contributed by atoms with Gasteiger partial charge >= 0.3 is 5.76 Å². The van der Waals surface area contributed by atoms with Crippen LogP contribution in [0.1, 0.15) is 22.4 Å². The molecule has 4 heterocycles. The number of ether oxygens (including phenoxy) is 1. The minimum Gasteiger partial charge on any atom is -0.491 e. The minimum absolute atomic E-state index is 0.341. The van der Waals surface area contributed by atoms with Crippen LogP contribution in [-0.2, 0) is 25.8 Å². The van der Waals surface area contributed by atoms with Crippen molar-refractivity contribution in [2.75, 3.05) is 19.7 Å². The first-order chi connectivity index (χ1) is 13.2. The summed E-state index contributed by atoms with van der Waals surface area (Å²) in [7, 11) is 0. The highest BCUT2D eigenvalue weighted by Crippen LogP contribution is 2.26. The molecule has 0 spiro atoms. The zero-order chi connectivity index (χ0) is 18.2. The predicted octanol–water partition coefficient (Wildman–Crippen LogP) is 1.96. The van der Waals surface area contributed by atoms with E-state index in [-0.39, 0.29) is 0 Å². The van der Waals surface area contributed by atoms with Gasteiger partial charge in [-0.05, 0) is 47.7 Å².